The summed E-state index contributed by atoms with van der Waals surface area (Å²) in [4.78, 5) is 14.3. The fourth-order valence-corrected chi connectivity index (χ4v) is 2.29. The lowest BCUT2D eigenvalue weighted by molar-refractivity contribution is 0.142. The zero-order valence-corrected chi connectivity index (χ0v) is 12.1. The first-order chi connectivity index (χ1) is 10.1. The molecule has 4 heteroatoms. The SMILES string of the molecule is Cc1ccccc1CCCCc1ccnc(OC(=O)O)c1. The van der Waals surface area contributed by atoms with E-state index < -0.39 is 6.16 Å². The summed E-state index contributed by atoms with van der Waals surface area (Å²) in [6, 6.07) is 12.0. The van der Waals surface area contributed by atoms with Crippen LogP contribution in [0.5, 0.6) is 5.88 Å². The Morgan fingerprint density at radius 3 is 2.71 bits per heavy atom. The molecule has 0 amide bonds. The molecule has 0 radical (unpaired) electrons. The smallest absolute Gasteiger partial charge is 0.449 e. The third-order valence-corrected chi connectivity index (χ3v) is 3.41. The molecule has 1 aromatic carbocycles. The molecule has 0 saturated heterocycles. The van der Waals surface area contributed by atoms with E-state index in [0.29, 0.717) is 0 Å². The first-order valence-electron chi connectivity index (χ1n) is 7.05. The summed E-state index contributed by atoms with van der Waals surface area (Å²) in [5, 5.41) is 8.56. The van der Waals surface area contributed by atoms with Gasteiger partial charge in [0.05, 0.1) is 0 Å². The van der Waals surface area contributed by atoms with Crippen LogP contribution in [-0.4, -0.2) is 16.2 Å². The van der Waals surface area contributed by atoms with Crippen molar-refractivity contribution in [2.24, 2.45) is 0 Å². The van der Waals surface area contributed by atoms with Crippen LogP contribution in [0.4, 0.5) is 4.79 Å². The molecule has 110 valence electrons. The van der Waals surface area contributed by atoms with Gasteiger partial charge in [0.2, 0.25) is 5.88 Å². The number of carboxylic acid groups (broad SMARTS) is 1. The molecule has 0 aliphatic heterocycles. The minimum atomic E-state index is -1.33. The minimum Gasteiger partial charge on any atom is -0.449 e. The summed E-state index contributed by atoms with van der Waals surface area (Å²) in [7, 11) is 0. The van der Waals surface area contributed by atoms with Gasteiger partial charge in [-0.1, -0.05) is 24.3 Å². The molecule has 2 aromatic rings. The Morgan fingerprint density at radius 1 is 1.19 bits per heavy atom. The number of carbonyl (C=O) groups is 1. The number of benzene rings is 1. The highest BCUT2D eigenvalue weighted by atomic mass is 16.7. The normalized spacial score (nSPS) is 10.3. The second-order valence-electron chi connectivity index (χ2n) is 5.00. The topological polar surface area (TPSA) is 59.4 Å². The number of pyridine rings is 1. The maximum Gasteiger partial charge on any atom is 0.512 e. The molecular formula is C17H19NO3. The molecule has 2 rings (SSSR count). The zero-order chi connectivity index (χ0) is 15.1. The van der Waals surface area contributed by atoms with Crippen molar-refractivity contribution in [2.75, 3.05) is 0 Å². The molecule has 0 spiro atoms. The van der Waals surface area contributed by atoms with E-state index in [2.05, 4.69) is 40.9 Å². The predicted octanol–water partition coefficient (Wildman–Crippen LogP) is 4.01. The summed E-state index contributed by atoms with van der Waals surface area (Å²) in [6.07, 6.45) is 4.35. The summed E-state index contributed by atoms with van der Waals surface area (Å²) in [6.45, 7) is 2.13. The Balaban J connectivity index is 1.81. The standard InChI is InChI=1S/C17H19NO3/c1-13-6-2-4-8-15(13)9-5-3-7-14-10-11-18-16(12-14)21-17(19)20/h2,4,6,8,10-12H,3,5,7,9H2,1H3,(H,19,20). The second-order valence-corrected chi connectivity index (χ2v) is 5.00. The van der Waals surface area contributed by atoms with Crippen molar-refractivity contribution in [3.8, 4) is 5.88 Å². The van der Waals surface area contributed by atoms with Gasteiger partial charge in [-0.05, 0) is 55.4 Å². The van der Waals surface area contributed by atoms with E-state index in [1.165, 1.54) is 11.1 Å². The number of nitrogens with zero attached hydrogens (tertiary/aromatic N) is 1. The number of hydrogen-bond donors (Lipinski definition) is 1. The average molecular weight is 285 g/mol. The highest BCUT2D eigenvalue weighted by Gasteiger charge is 2.03. The van der Waals surface area contributed by atoms with Crippen LogP contribution in [0.15, 0.2) is 42.6 Å². The molecule has 0 atom stereocenters. The lowest BCUT2D eigenvalue weighted by Gasteiger charge is -2.06. The molecule has 0 aliphatic carbocycles. The Kier molecular flexibility index (Phi) is 5.32. The Morgan fingerprint density at radius 2 is 1.95 bits per heavy atom. The number of ether oxygens (including phenoxy) is 1. The largest absolute Gasteiger partial charge is 0.512 e. The van der Waals surface area contributed by atoms with E-state index in [9.17, 15) is 4.79 Å². The van der Waals surface area contributed by atoms with Crippen LogP contribution < -0.4 is 4.74 Å². The summed E-state index contributed by atoms with van der Waals surface area (Å²) < 4.78 is 4.55. The number of rotatable bonds is 6. The van der Waals surface area contributed by atoms with Crippen molar-refractivity contribution in [1.82, 2.24) is 4.98 Å². The molecular weight excluding hydrogens is 266 g/mol. The predicted molar refractivity (Wildman–Crippen MR) is 80.7 cm³/mol. The minimum absolute atomic E-state index is 0.138. The van der Waals surface area contributed by atoms with Crippen LogP contribution in [0.3, 0.4) is 0 Å². The maximum atomic E-state index is 10.5. The van der Waals surface area contributed by atoms with Crippen molar-refractivity contribution >= 4 is 6.16 Å². The zero-order valence-electron chi connectivity index (χ0n) is 12.1. The van der Waals surface area contributed by atoms with Crippen LogP contribution in [-0.2, 0) is 12.8 Å². The summed E-state index contributed by atoms with van der Waals surface area (Å²) in [5.41, 5.74) is 3.77. The Hall–Kier alpha value is -2.36. The number of aromatic nitrogens is 1. The monoisotopic (exact) mass is 285 g/mol. The van der Waals surface area contributed by atoms with Gasteiger partial charge >= 0.3 is 6.16 Å². The number of unbranched alkanes of at least 4 members (excludes halogenated alkanes) is 1. The fraction of sp³-hybridized carbons (Fsp3) is 0.294. The number of aryl methyl sites for hydroxylation is 3. The van der Waals surface area contributed by atoms with Crippen LogP contribution in [0.25, 0.3) is 0 Å². The number of hydrogen-bond acceptors (Lipinski definition) is 3. The highest BCUT2D eigenvalue weighted by Crippen LogP contribution is 2.15. The van der Waals surface area contributed by atoms with Crippen LogP contribution in [0, 0.1) is 6.92 Å². The van der Waals surface area contributed by atoms with Gasteiger partial charge in [-0.15, -0.1) is 0 Å². The van der Waals surface area contributed by atoms with Gasteiger partial charge in [-0.2, -0.15) is 0 Å². The molecule has 1 N–H and O–H groups in total. The van der Waals surface area contributed by atoms with E-state index in [0.717, 1.165) is 31.2 Å². The third kappa shape index (κ3) is 4.91. The average Bonchev–Trinajstić information content (AvgIpc) is 2.45. The second kappa shape index (κ2) is 7.43. The molecule has 0 bridgehead atoms. The van der Waals surface area contributed by atoms with Gasteiger partial charge in [0.1, 0.15) is 0 Å². The van der Waals surface area contributed by atoms with Crippen molar-refractivity contribution in [2.45, 2.75) is 32.6 Å². The molecule has 1 aromatic heterocycles. The molecule has 0 saturated carbocycles. The van der Waals surface area contributed by atoms with Gasteiger partial charge in [-0.3, -0.25) is 0 Å². The van der Waals surface area contributed by atoms with Crippen LogP contribution in [0.2, 0.25) is 0 Å². The van der Waals surface area contributed by atoms with E-state index in [1.807, 2.05) is 6.07 Å². The lowest BCUT2D eigenvalue weighted by atomic mass is 10.0. The van der Waals surface area contributed by atoms with Gasteiger partial charge in [-0.25, -0.2) is 9.78 Å². The highest BCUT2D eigenvalue weighted by molar-refractivity contribution is 5.60. The van der Waals surface area contributed by atoms with Crippen molar-refractivity contribution < 1.29 is 14.6 Å². The summed E-state index contributed by atoms with van der Waals surface area (Å²) in [5.74, 6) is 0.138. The molecule has 0 unspecified atom stereocenters. The quantitative estimate of drug-likeness (QED) is 0.643. The van der Waals surface area contributed by atoms with E-state index in [-0.39, 0.29) is 5.88 Å². The van der Waals surface area contributed by atoms with Crippen molar-refractivity contribution in [1.29, 1.82) is 0 Å². The fourth-order valence-electron chi connectivity index (χ4n) is 2.29. The summed E-state index contributed by atoms with van der Waals surface area (Å²) >= 11 is 0. The first kappa shape index (κ1) is 15.0. The molecule has 0 fully saturated rings. The van der Waals surface area contributed by atoms with E-state index in [4.69, 9.17) is 5.11 Å². The van der Waals surface area contributed by atoms with Gasteiger partial charge < -0.3 is 9.84 Å². The first-order valence-corrected chi connectivity index (χ1v) is 7.05. The lowest BCUT2D eigenvalue weighted by Crippen LogP contribution is -2.04. The molecule has 0 aliphatic rings. The Bertz CT molecular complexity index is 610. The van der Waals surface area contributed by atoms with Gasteiger partial charge in [0, 0.05) is 12.3 Å². The molecule has 1 heterocycles. The van der Waals surface area contributed by atoms with Crippen molar-refractivity contribution in [3.63, 3.8) is 0 Å². The maximum absolute atomic E-state index is 10.5. The molecule has 4 nitrogen and oxygen atoms in total. The van der Waals surface area contributed by atoms with Crippen LogP contribution >= 0.6 is 0 Å². The van der Waals surface area contributed by atoms with Crippen molar-refractivity contribution in [3.05, 3.63) is 59.3 Å². The third-order valence-electron chi connectivity index (χ3n) is 3.41. The van der Waals surface area contributed by atoms with E-state index >= 15 is 0 Å². The Labute approximate surface area is 124 Å². The van der Waals surface area contributed by atoms with Gasteiger partial charge in [0.15, 0.2) is 0 Å². The van der Waals surface area contributed by atoms with Crippen LogP contribution in [0.1, 0.15) is 29.5 Å². The van der Waals surface area contributed by atoms with E-state index in [1.54, 1.807) is 12.3 Å². The molecule has 21 heavy (non-hydrogen) atoms. The van der Waals surface area contributed by atoms with Gasteiger partial charge in [0.25, 0.3) is 0 Å².